The molecule has 0 aliphatic heterocycles. The molecule has 0 atom stereocenters. The molecule has 31 heavy (non-hydrogen) atoms. The highest BCUT2D eigenvalue weighted by Crippen LogP contribution is 2.29. The molecule has 0 fully saturated rings. The van der Waals surface area contributed by atoms with Crippen LogP contribution in [-0.4, -0.2) is 35.4 Å². The Bertz CT molecular complexity index is 1140. The maximum atomic E-state index is 14.1. The van der Waals surface area contributed by atoms with Crippen molar-refractivity contribution in [3.8, 4) is 22.5 Å². The zero-order valence-corrected chi connectivity index (χ0v) is 17.4. The average Bonchev–Trinajstić information content (AvgIpc) is 3.46. The van der Waals surface area contributed by atoms with E-state index in [-0.39, 0.29) is 6.42 Å². The Balaban J connectivity index is 1.56. The highest BCUT2D eigenvalue weighted by molar-refractivity contribution is 5.70. The molecule has 4 rings (SSSR count). The Morgan fingerprint density at radius 2 is 1.77 bits per heavy atom. The molecule has 0 radical (unpaired) electrons. The first-order valence-corrected chi connectivity index (χ1v) is 10.3. The van der Waals surface area contributed by atoms with E-state index in [1.807, 2.05) is 55.5 Å². The largest absolute Gasteiger partial charge is 0.308 e. The number of nitrogens with zero attached hydrogens (tertiary/aromatic N) is 6. The van der Waals surface area contributed by atoms with E-state index >= 15 is 0 Å². The van der Waals surface area contributed by atoms with E-state index in [1.54, 1.807) is 4.68 Å². The predicted molar refractivity (Wildman–Crippen MR) is 112 cm³/mol. The Labute approximate surface area is 178 Å². The fourth-order valence-electron chi connectivity index (χ4n) is 3.32. The third-order valence-electron chi connectivity index (χ3n) is 5.08. The number of halogens is 2. The van der Waals surface area contributed by atoms with Gasteiger partial charge in [0, 0.05) is 18.4 Å². The molecule has 1 N–H and O–H groups in total. The molecule has 7 nitrogen and oxygen atoms in total. The van der Waals surface area contributed by atoms with Gasteiger partial charge in [-0.3, -0.25) is 0 Å². The molecule has 2 heterocycles. The van der Waals surface area contributed by atoms with Crippen molar-refractivity contribution < 1.29 is 8.78 Å². The summed E-state index contributed by atoms with van der Waals surface area (Å²) in [4.78, 5) is 4.12. The summed E-state index contributed by atoms with van der Waals surface area (Å²) in [6.45, 7) is 3.83. The lowest BCUT2D eigenvalue weighted by Crippen LogP contribution is -2.14. The van der Waals surface area contributed by atoms with Crippen molar-refractivity contribution >= 4 is 0 Å². The summed E-state index contributed by atoms with van der Waals surface area (Å²) in [6, 6.07) is 15.8. The Kier molecular flexibility index (Phi) is 5.83. The normalized spacial score (nSPS) is 11.7. The Hall–Kier alpha value is -3.49. The van der Waals surface area contributed by atoms with Crippen molar-refractivity contribution in [2.24, 2.45) is 0 Å². The molecule has 0 bridgehead atoms. The van der Waals surface area contributed by atoms with Gasteiger partial charge < -0.3 is 0 Å². The molecule has 0 spiro atoms. The van der Waals surface area contributed by atoms with Crippen LogP contribution in [0, 0.1) is 0 Å². The third kappa shape index (κ3) is 4.50. The van der Waals surface area contributed by atoms with Gasteiger partial charge in [-0.1, -0.05) is 56.3 Å². The second kappa shape index (κ2) is 8.71. The molecule has 160 valence electrons. The molecule has 0 saturated carbocycles. The quantitative estimate of drug-likeness (QED) is 0.447. The van der Waals surface area contributed by atoms with E-state index in [0.29, 0.717) is 24.6 Å². The maximum Gasteiger partial charge on any atom is 0.308 e. The zero-order valence-electron chi connectivity index (χ0n) is 17.4. The van der Waals surface area contributed by atoms with Crippen LogP contribution in [0.2, 0.25) is 0 Å². The van der Waals surface area contributed by atoms with Gasteiger partial charge in [-0.25, -0.2) is 9.67 Å². The smallest absolute Gasteiger partial charge is 0.245 e. The summed E-state index contributed by atoms with van der Waals surface area (Å²) in [7, 11) is 0. The number of alkyl halides is 2. The van der Waals surface area contributed by atoms with Crippen LogP contribution in [0.5, 0.6) is 0 Å². The summed E-state index contributed by atoms with van der Waals surface area (Å²) in [5.41, 5.74) is 3.88. The van der Waals surface area contributed by atoms with E-state index in [9.17, 15) is 8.78 Å². The molecule has 4 aromatic rings. The van der Waals surface area contributed by atoms with Crippen molar-refractivity contribution in [3.63, 3.8) is 0 Å². The van der Waals surface area contributed by atoms with Gasteiger partial charge in [-0.05, 0) is 34.4 Å². The lowest BCUT2D eigenvalue weighted by atomic mass is 10.0. The summed E-state index contributed by atoms with van der Waals surface area (Å²) in [6.07, 6.45) is 1.10. The fraction of sp³-hybridized carbons (Fsp3) is 0.318. The van der Waals surface area contributed by atoms with Crippen LogP contribution in [0.25, 0.3) is 22.5 Å². The number of H-pyrrole nitrogens is 1. The van der Waals surface area contributed by atoms with Crippen LogP contribution in [0.1, 0.15) is 43.9 Å². The van der Waals surface area contributed by atoms with Gasteiger partial charge in [0.15, 0.2) is 0 Å². The monoisotopic (exact) mass is 423 g/mol. The summed E-state index contributed by atoms with van der Waals surface area (Å²) >= 11 is 0. The number of aryl methyl sites for hydroxylation is 1. The summed E-state index contributed by atoms with van der Waals surface area (Å²) < 4.78 is 29.8. The van der Waals surface area contributed by atoms with Crippen LogP contribution in [-0.2, 0) is 18.9 Å². The van der Waals surface area contributed by atoms with E-state index < -0.39 is 11.7 Å². The van der Waals surface area contributed by atoms with Crippen molar-refractivity contribution in [2.75, 3.05) is 0 Å². The van der Waals surface area contributed by atoms with Crippen molar-refractivity contribution in [1.29, 1.82) is 0 Å². The second-order valence-corrected chi connectivity index (χ2v) is 7.33. The highest BCUT2D eigenvalue weighted by atomic mass is 19.3. The first-order chi connectivity index (χ1) is 15.0. The molecular formula is C22H23F2N7. The van der Waals surface area contributed by atoms with Crippen LogP contribution in [0.4, 0.5) is 8.78 Å². The molecule has 0 unspecified atom stereocenters. The van der Waals surface area contributed by atoms with Crippen LogP contribution >= 0.6 is 0 Å². The highest BCUT2D eigenvalue weighted by Gasteiger charge is 2.34. The minimum Gasteiger partial charge on any atom is -0.245 e. The minimum atomic E-state index is -3.01. The van der Waals surface area contributed by atoms with E-state index in [4.69, 9.17) is 0 Å². The van der Waals surface area contributed by atoms with E-state index in [0.717, 1.165) is 28.7 Å². The number of aromatic nitrogens is 7. The third-order valence-corrected chi connectivity index (χ3v) is 5.08. The maximum absolute atomic E-state index is 14.1. The van der Waals surface area contributed by atoms with Gasteiger partial charge in [0.05, 0.1) is 6.54 Å². The van der Waals surface area contributed by atoms with Gasteiger partial charge in [-0.2, -0.15) is 14.0 Å². The minimum absolute atomic E-state index is 0.319. The average molecular weight is 423 g/mol. The first-order valence-electron chi connectivity index (χ1n) is 10.3. The van der Waals surface area contributed by atoms with Gasteiger partial charge in [-0.15, -0.1) is 15.3 Å². The SMILES string of the molecule is CCCc1nc(C(F)(F)CC)nn1Cc1ccc(-c2cccc(-c3nn[nH]n3)c2)cc1. The second-order valence-electron chi connectivity index (χ2n) is 7.33. The lowest BCUT2D eigenvalue weighted by Gasteiger charge is -2.09. The topological polar surface area (TPSA) is 85.2 Å². The molecule has 0 amide bonds. The zero-order chi connectivity index (χ0) is 21.8. The summed E-state index contributed by atoms with van der Waals surface area (Å²) in [5.74, 6) is -2.29. The number of hydrogen-bond acceptors (Lipinski definition) is 5. The molecule has 2 aromatic heterocycles. The molecule has 0 aliphatic carbocycles. The molecule has 0 aliphatic rings. The number of tetrazole rings is 1. The van der Waals surface area contributed by atoms with E-state index in [2.05, 4.69) is 30.7 Å². The van der Waals surface area contributed by atoms with Gasteiger partial charge in [0.25, 0.3) is 0 Å². The Morgan fingerprint density at radius 3 is 2.45 bits per heavy atom. The van der Waals surface area contributed by atoms with Crippen molar-refractivity contribution in [3.05, 3.63) is 65.7 Å². The molecule has 2 aromatic carbocycles. The van der Waals surface area contributed by atoms with Gasteiger partial charge >= 0.3 is 5.92 Å². The Morgan fingerprint density at radius 1 is 1.00 bits per heavy atom. The van der Waals surface area contributed by atoms with Crippen molar-refractivity contribution in [2.45, 2.75) is 45.6 Å². The van der Waals surface area contributed by atoms with E-state index in [1.165, 1.54) is 6.92 Å². The number of aromatic amines is 1. The van der Waals surface area contributed by atoms with Crippen LogP contribution in [0.3, 0.4) is 0 Å². The molecular weight excluding hydrogens is 400 g/mol. The standard InChI is InChI=1S/C22H23F2N7/c1-3-6-19-25-21(22(23,24)4-2)28-31(19)14-15-9-11-16(12-10-15)17-7-5-8-18(13-17)20-26-29-30-27-20/h5,7-13H,3-4,6,14H2,1-2H3,(H,26,27,29,30). The van der Waals surface area contributed by atoms with Crippen molar-refractivity contribution in [1.82, 2.24) is 35.4 Å². The van der Waals surface area contributed by atoms with Crippen LogP contribution in [0.15, 0.2) is 48.5 Å². The number of benzene rings is 2. The fourth-order valence-corrected chi connectivity index (χ4v) is 3.32. The molecule has 0 saturated heterocycles. The predicted octanol–water partition coefficient (Wildman–Crippen LogP) is 4.63. The number of nitrogens with one attached hydrogen (secondary N) is 1. The summed E-state index contributed by atoms with van der Waals surface area (Å²) in [5, 5.41) is 18.2. The molecule has 9 heteroatoms. The number of rotatable bonds is 8. The van der Waals surface area contributed by atoms with Gasteiger partial charge in [0.1, 0.15) is 5.82 Å². The number of hydrogen-bond donors (Lipinski definition) is 1. The lowest BCUT2D eigenvalue weighted by molar-refractivity contribution is -0.0177. The first kappa shape index (κ1) is 20.8. The van der Waals surface area contributed by atoms with Gasteiger partial charge in [0.2, 0.25) is 11.6 Å². The van der Waals surface area contributed by atoms with Crippen LogP contribution < -0.4 is 0 Å².